The van der Waals surface area contributed by atoms with Gasteiger partial charge in [-0.3, -0.25) is 9.59 Å². The second-order valence-corrected chi connectivity index (χ2v) is 8.30. The van der Waals surface area contributed by atoms with E-state index in [-0.39, 0.29) is 24.2 Å². The highest BCUT2D eigenvalue weighted by molar-refractivity contribution is 6.00. The lowest BCUT2D eigenvalue weighted by atomic mass is 10.1. The van der Waals surface area contributed by atoms with Crippen LogP contribution in [0.25, 0.3) is 0 Å². The van der Waals surface area contributed by atoms with Gasteiger partial charge in [0.05, 0.1) is 40.0 Å². The zero-order valence-electron chi connectivity index (χ0n) is 20.1. The van der Waals surface area contributed by atoms with E-state index < -0.39 is 0 Å². The normalized spacial score (nSPS) is 18.2. The van der Waals surface area contributed by atoms with Gasteiger partial charge in [-0.1, -0.05) is 6.07 Å². The maximum atomic E-state index is 13.3. The van der Waals surface area contributed by atoms with Crippen LogP contribution in [0.5, 0.6) is 23.0 Å². The van der Waals surface area contributed by atoms with Gasteiger partial charge >= 0.3 is 0 Å². The van der Waals surface area contributed by atoms with Crippen LogP contribution in [0, 0.1) is 5.92 Å². The van der Waals surface area contributed by atoms with Crippen molar-refractivity contribution < 1.29 is 28.5 Å². The lowest BCUT2D eigenvalue weighted by Crippen LogP contribution is -2.50. The highest BCUT2D eigenvalue weighted by atomic mass is 16.5. The number of anilines is 2. The third-order valence-electron chi connectivity index (χ3n) is 6.45. The molecule has 0 spiro atoms. The van der Waals surface area contributed by atoms with Crippen molar-refractivity contribution in [1.29, 1.82) is 0 Å². The van der Waals surface area contributed by atoms with Gasteiger partial charge in [-0.25, -0.2) is 0 Å². The predicted molar refractivity (Wildman–Crippen MR) is 128 cm³/mol. The number of carbonyl (C=O) groups excluding carboxylic acids is 2. The van der Waals surface area contributed by atoms with Gasteiger partial charge in [0.15, 0.2) is 11.5 Å². The summed E-state index contributed by atoms with van der Waals surface area (Å²) in [7, 11) is 6.25. The molecule has 9 heteroatoms. The maximum Gasteiger partial charge on any atom is 0.228 e. The van der Waals surface area contributed by atoms with Gasteiger partial charge in [0, 0.05) is 63.0 Å². The maximum absolute atomic E-state index is 13.3. The van der Waals surface area contributed by atoms with Gasteiger partial charge in [0.2, 0.25) is 17.6 Å². The van der Waals surface area contributed by atoms with Crippen molar-refractivity contribution in [2.45, 2.75) is 6.42 Å². The first-order valence-corrected chi connectivity index (χ1v) is 11.3. The summed E-state index contributed by atoms with van der Waals surface area (Å²) in [5.41, 5.74) is 1.70. The quantitative estimate of drug-likeness (QED) is 0.616. The highest BCUT2D eigenvalue weighted by Crippen LogP contribution is 2.42. The minimum absolute atomic E-state index is 0.0218. The molecular weight excluding hydrogens is 438 g/mol. The van der Waals surface area contributed by atoms with Crippen LogP contribution >= 0.6 is 0 Å². The second kappa shape index (κ2) is 10.1. The largest absolute Gasteiger partial charge is 0.497 e. The van der Waals surface area contributed by atoms with Crippen molar-refractivity contribution in [3.8, 4) is 23.0 Å². The summed E-state index contributed by atoms with van der Waals surface area (Å²) in [6.45, 7) is 3.02. The minimum atomic E-state index is -0.380. The van der Waals surface area contributed by atoms with E-state index in [1.807, 2.05) is 29.2 Å². The summed E-state index contributed by atoms with van der Waals surface area (Å²) in [5, 5.41) is 0. The molecule has 0 radical (unpaired) electrons. The third kappa shape index (κ3) is 4.55. The average molecular weight is 470 g/mol. The van der Waals surface area contributed by atoms with Gasteiger partial charge in [0.25, 0.3) is 0 Å². The van der Waals surface area contributed by atoms with Crippen molar-refractivity contribution in [3.05, 3.63) is 36.4 Å². The zero-order valence-corrected chi connectivity index (χ0v) is 20.1. The van der Waals surface area contributed by atoms with Crippen molar-refractivity contribution in [3.63, 3.8) is 0 Å². The highest BCUT2D eigenvalue weighted by Gasteiger charge is 2.38. The molecule has 2 amide bonds. The van der Waals surface area contributed by atoms with Crippen LogP contribution in [0.1, 0.15) is 6.42 Å². The summed E-state index contributed by atoms with van der Waals surface area (Å²) in [4.78, 5) is 31.8. The number of carbonyl (C=O) groups is 2. The van der Waals surface area contributed by atoms with E-state index in [4.69, 9.17) is 18.9 Å². The van der Waals surface area contributed by atoms with Crippen molar-refractivity contribution in [1.82, 2.24) is 4.90 Å². The number of hydrogen-bond acceptors (Lipinski definition) is 7. The Balaban J connectivity index is 1.42. The zero-order chi connectivity index (χ0) is 24.2. The molecule has 2 fully saturated rings. The number of methoxy groups -OCH3 is 4. The van der Waals surface area contributed by atoms with Crippen molar-refractivity contribution >= 4 is 23.2 Å². The molecular formula is C25H31N3O6. The molecule has 2 aliphatic heterocycles. The lowest BCUT2D eigenvalue weighted by Gasteiger charge is -2.37. The van der Waals surface area contributed by atoms with Crippen LogP contribution < -0.4 is 28.7 Å². The van der Waals surface area contributed by atoms with E-state index in [1.165, 1.54) is 21.3 Å². The molecule has 2 aromatic rings. The topological polar surface area (TPSA) is 80.8 Å². The Morgan fingerprint density at radius 3 is 2.12 bits per heavy atom. The van der Waals surface area contributed by atoms with Crippen molar-refractivity contribution in [2.75, 3.05) is 71.0 Å². The van der Waals surface area contributed by atoms with E-state index in [0.717, 1.165) is 24.5 Å². The summed E-state index contributed by atoms with van der Waals surface area (Å²) in [6, 6.07) is 11.4. The Hall–Kier alpha value is -3.62. The molecule has 0 bridgehead atoms. The first-order chi connectivity index (χ1) is 16.5. The molecule has 2 aliphatic rings. The molecule has 0 aliphatic carbocycles. The van der Waals surface area contributed by atoms with E-state index in [1.54, 1.807) is 24.1 Å². The molecule has 1 unspecified atom stereocenters. The summed E-state index contributed by atoms with van der Waals surface area (Å²) >= 11 is 0. The summed E-state index contributed by atoms with van der Waals surface area (Å²) in [5.74, 6) is 1.75. The molecule has 0 N–H and O–H groups in total. The number of ether oxygens (including phenoxy) is 4. The Labute approximate surface area is 199 Å². The summed E-state index contributed by atoms with van der Waals surface area (Å²) in [6.07, 6.45) is 0.186. The number of piperazine rings is 1. The monoisotopic (exact) mass is 469 g/mol. The molecule has 4 rings (SSSR count). The van der Waals surface area contributed by atoms with Gasteiger partial charge < -0.3 is 33.6 Å². The Bertz CT molecular complexity index is 1030. The lowest BCUT2D eigenvalue weighted by molar-refractivity contribution is -0.136. The standard InChI is InChI=1S/C25H31N3O6/c1-31-20-7-5-6-18(13-20)26-8-10-27(11-9-26)25(30)17-12-23(29)28(16-17)19-14-21(32-2)24(34-4)22(15-19)33-3/h5-7,13-15,17H,8-12,16H2,1-4H3. The second-order valence-electron chi connectivity index (χ2n) is 8.30. The fourth-order valence-electron chi connectivity index (χ4n) is 4.60. The molecule has 2 aromatic carbocycles. The first kappa shape index (κ1) is 23.5. The predicted octanol–water partition coefficient (Wildman–Crippen LogP) is 2.42. The fourth-order valence-corrected chi connectivity index (χ4v) is 4.60. The number of amides is 2. The van der Waals surface area contributed by atoms with Crippen LogP contribution in [0.15, 0.2) is 36.4 Å². The van der Waals surface area contributed by atoms with E-state index in [2.05, 4.69) is 4.90 Å². The van der Waals surface area contributed by atoms with Gasteiger partial charge in [-0.05, 0) is 12.1 Å². The first-order valence-electron chi connectivity index (χ1n) is 11.3. The fraction of sp³-hybridized carbons (Fsp3) is 0.440. The molecule has 0 aromatic heterocycles. The average Bonchev–Trinajstić information content (AvgIpc) is 3.28. The number of nitrogens with zero attached hydrogens (tertiary/aromatic N) is 3. The molecule has 34 heavy (non-hydrogen) atoms. The SMILES string of the molecule is COc1cccc(N2CCN(C(=O)C3CC(=O)N(c4cc(OC)c(OC)c(OC)c4)C3)CC2)c1. The molecule has 0 saturated carbocycles. The van der Waals surface area contributed by atoms with Crippen LogP contribution in [0.3, 0.4) is 0 Å². The van der Waals surface area contributed by atoms with Crippen molar-refractivity contribution in [2.24, 2.45) is 5.92 Å². The van der Waals surface area contributed by atoms with Crippen LogP contribution in [-0.2, 0) is 9.59 Å². The molecule has 1 atom stereocenters. The van der Waals surface area contributed by atoms with Crippen LogP contribution in [-0.4, -0.2) is 77.9 Å². The van der Waals surface area contributed by atoms with E-state index in [9.17, 15) is 9.59 Å². The molecule has 2 saturated heterocycles. The Kier molecular flexibility index (Phi) is 7.00. The molecule has 2 heterocycles. The smallest absolute Gasteiger partial charge is 0.228 e. The van der Waals surface area contributed by atoms with Gasteiger partial charge in [-0.15, -0.1) is 0 Å². The summed E-state index contributed by atoms with van der Waals surface area (Å²) < 4.78 is 21.5. The van der Waals surface area contributed by atoms with Gasteiger partial charge in [0.1, 0.15) is 5.75 Å². The van der Waals surface area contributed by atoms with E-state index in [0.29, 0.717) is 42.6 Å². The van der Waals surface area contributed by atoms with Crippen LogP contribution in [0.4, 0.5) is 11.4 Å². The third-order valence-corrected chi connectivity index (χ3v) is 6.45. The number of hydrogen-bond donors (Lipinski definition) is 0. The molecule has 9 nitrogen and oxygen atoms in total. The Morgan fingerprint density at radius 2 is 1.53 bits per heavy atom. The number of benzene rings is 2. The molecule has 182 valence electrons. The van der Waals surface area contributed by atoms with Crippen LogP contribution in [0.2, 0.25) is 0 Å². The van der Waals surface area contributed by atoms with Gasteiger partial charge in [-0.2, -0.15) is 0 Å². The Morgan fingerprint density at radius 1 is 0.853 bits per heavy atom. The van der Waals surface area contributed by atoms with E-state index >= 15 is 0 Å². The minimum Gasteiger partial charge on any atom is -0.497 e. The number of rotatable bonds is 7.